The van der Waals surface area contributed by atoms with Crippen LogP contribution in [-0.2, 0) is 4.79 Å². The van der Waals surface area contributed by atoms with Gasteiger partial charge in [0.25, 0.3) is 0 Å². The van der Waals surface area contributed by atoms with Gasteiger partial charge in [-0.2, -0.15) is 4.98 Å². The van der Waals surface area contributed by atoms with Gasteiger partial charge < -0.3 is 9.84 Å². The topological polar surface area (TPSA) is 68.0 Å². The van der Waals surface area contributed by atoms with Gasteiger partial charge in [0.2, 0.25) is 17.6 Å². The Morgan fingerprint density at radius 1 is 1.26 bits per heavy atom. The molecular weight excluding hydrogens is 310 g/mol. The van der Waals surface area contributed by atoms with Crippen LogP contribution < -0.4 is 5.32 Å². The van der Waals surface area contributed by atoms with Crippen molar-refractivity contribution < 1.29 is 9.32 Å². The number of carbonyl (C=O) groups excluding carboxylic acids is 1. The van der Waals surface area contributed by atoms with Gasteiger partial charge in [-0.25, -0.2) is 0 Å². The Balaban J connectivity index is 1.48. The maximum Gasteiger partial charge on any atom is 0.230 e. The van der Waals surface area contributed by atoms with E-state index in [1.165, 1.54) is 19.3 Å². The summed E-state index contributed by atoms with van der Waals surface area (Å²) in [6, 6.07) is 1.97. The number of thiophene rings is 1. The van der Waals surface area contributed by atoms with E-state index in [2.05, 4.69) is 15.5 Å². The van der Waals surface area contributed by atoms with Gasteiger partial charge in [0.1, 0.15) is 0 Å². The van der Waals surface area contributed by atoms with Gasteiger partial charge in [-0.05, 0) is 38.7 Å². The average Bonchev–Trinajstić information content (AvgIpc) is 3.19. The number of anilines is 1. The molecule has 1 N–H and O–H groups in total. The summed E-state index contributed by atoms with van der Waals surface area (Å²) in [6.45, 7) is 2.02. The molecule has 0 atom stereocenters. The van der Waals surface area contributed by atoms with Crippen LogP contribution in [0.2, 0.25) is 0 Å². The highest BCUT2D eigenvalue weighted by atomic mass is 32.1. The van der Waals surface area contributed by atoms with Crippen LogP contribution >= 0.6 is 11.3 Å². The summed E-state index contributed by atoms with van der Waals surface area (Å²) in [5.74, 6) is 2.17. The van der Waals surface area contributed by atoms with Crippen molar-refractivity contribution in [3.05, 3.63) is 16.8 Å². The molecule has 0 aliphatic heterocycles. The summed E-state index contributed by atoms with van der Waals surface area (Å²) in [6.07, 6.45) is 7.90. The van der Waals surface area contributed by atoms with E-state index in [1.807, 2.05) is 13.0 Å². The molecule has 1 amide bonds. The second kappa shape index (κ2) is 6.07. The van der Waals surface area contributed by atoms with Crippen molar-refractivity contribution in [2.24, 2.45) is 5.92 Å². The van der Waals surface area contributed by atoms with Crippen LogP contribution in [-0.4, -0.2) is 16.0 Å². The number of nitrogens with one attached hydrogen (secondary N) is 1. The van der Waals surface area contributed by atoms with Gasteiger partial charge in [-0.1, -0.05) is 24.4 Å². The van der Waals surface area contributed by atoms with Gasteiger partial charge in [0.05, 0.1) is 10.6 Å². The number of nitrogens with zero attached hydrogens (tertiary/aromatic N) is 2. The minimum Gasteiger partial charge on any atom is -0.339 e. The molecule has 23 heavy (non-hydrogen) atoms. The van der Waals surface area contributed by atoms with Crippen LogP contribution in [0, 0.1) is 12.8 Å². The van der Waals surface area contributed by atoms with Crippen LogP contribution in [0.3, 0.4) is 0 Å². The van der Waals surface area contributed by atoms with Crippen molar-refractivity contribution in [1.29, 1.82) is 0 Å². The molecule has 2 saturated carbocycles. The number of amides is 1. The first-order valence-corrected chi connectivity index (χ1v) is 9.27. The lowest BCUT2D eigenvalue weighted by molar-refractivity contribution is -0.120. The third kappa shape index (κ3) is 3.17. The van der Waals surface area contributed by atoms with E-state index < -0.39 is 0 Å². The van der Waals surface area contributed by atoms with Crippen molar-refractivity contribution in [2.45, 2.75) is 57.8 Å². The van der Waals surface area contributed by atoms with Gasteiger partial charge in [-0.15, -0.1) is 11.3 Å². The summed E-state index contributed by atoms with van der Waals surface area (Å²) in [7, 11) is 0. The maximum atomic E-state index is 12.4. The summed E-state index contributed by atoms with van der Waals surface area (Å²) in [4.78, 5) is 18.9. The van der Waals surface area contributed by atoms with Crippen molar-refractivity contribution in [2.75, 3.05) is 5.32 Å². The molecule has 6 heteroatoms. The van der Waals surface area contributed by atoms with Gasteiger partial charge in [0, 0.05) is 16.7 Å². The highest BCUT2D eigenvalue weighted by Gasteiger charge is 2.30. The lowest BCUT2D eigenvalue weighted by Gasteiger charge is -2.20. The monoisotopic (exact) mass is 331 g/mol. The molecule has 2 aliphatic carbocycles. The standard InChI is InChI=1S/C17H21N3O2S/c1-10-13(18-16(21)11-5-3-2-4-6-11)9-14(23-10)15-19-17(22-20-15)12-7-8-12/h9,11-12H,2-8H2,1H3,(H,18,21). The number of aromatic nitrogens is 2. The number of rotatable bonds is 4. The first-order valence-electron chi connectivity index (χ1n) is 8.46. The van der Waals surface area contributed by atoms with E-state index in [-0.39, 0.29) is 11.8 Å². The molecule has 4 rings (SSSR count). The van der Waals surface area contributed by atoms with E-state index in [0.29, 0.717) is 11.7 Å². The predicted octanol–water partition coefficient (Wildman–Crippen LogP) is 4.50. The molecule has 2 aromatic rings. The Kier molecular flexibility index (Phi) is 3.93. The zero-order valence-electron chi connectivity index (χ0n) is 13.3. The van der Waals surface area contributed by atoms with Gasteiger partial charge >= 0.3 is 0 Å². The fraction of sp³-hybridized carbons (Fsp3) is 0.588. The van der Waals surface area contributed by atoms with Crippen molar-refractivity contribution in [3.63, 3.8) is 0 Å². The summed E-state index contributed by atoms with van der Waals surface area (Å²) in [5.41, 5.74) is 0.887. The number of aryl methyl sites for hydroxylation is 1. The van der Waals surface area contributed by atoms with E-state index >= 15 is 0 Å². The SMILES string of the molecule is Cc1sc(-c2noc(C3CC3)n2)cc1NC(=O)C1CCCCC1. The number of carbonyl (C=O) groups is 1. The Morgan fingerprint density at radius 2 is 2.04 bits per heavy atom. The molecule has 0 unspecified atom stereocenters. The quantitative estimate of drug-likeness (QED) is 0.895. The molecule has 0 saturated heterocycles. The fourth-order valence-electron chi connectivity index (χ4n) is 3.15. The largest absolute Gasteiger partial charge is 0.339 e. The molecule has 0 aromatic carbocycles. The highest BCUT2D eigenvalue weighted by molar-refractivity contribution is 7.16. The van der Waals surface area contributed by atoms with Gasteiger partial charge in [0.15, 0.2) is 0 Å². The smallest absolute Gasteiger partial charge is 0.230 e. The van der Waals surface area contributed by atoms with E-state index in [0.717, 1.165) is 47.0 Å². The Morgan fingerprint density at radius 3 is 2.78 bits per heavy atom. The molecule has 2 heterocycles. The van der Waals surface area contributed by atoms with Crippen LogP contribution in [0.1, 0.15) is 61.6 Å². The summed E-state index contributed by atoms with van der Waals surface area (Å²) in [5, 5.41) is 7.18. The predicted molar refractivity (Wildman–Crippen MR) is 89.5 cm³/mol. The molecule has 2 aromatic heterocycles. The maximum absolute atomic E-state index is 12.4. The van der Waals surface area contributed by atoms with Crippen molar-refractivity contribution in [1.82, 2.24) is 10.1 Å². The third-order valence-electron chi connectivity index (χ3n) is 4.74. The highest BCUT2D eigenvalue weighted by Crippen LogP contribution is 2.40. The lowest BCUT2D eigenvalue weighted by Crippen LogP contribution is -2.24. The number of hydrogen-bond acceptors (Lipinski definition) is 5. The zero-order chi connectivity index (χ0) is 15.8. The van der Waals surface area contributed by atoms with E-state index in [9.17, 15) is 4.79 Å². The molecule has 122 valence electrons. The first kappa shape index (κ1) is 14.9. The number of hydrogen-bond donors (Lipinski definition) is 1. The molecule has 0 spiro atoms. The van der Waals surface area contributed by atoms with Crippen molar-refractivity contribution >= 4 is 22.9 Å². The second-order valence-electron chi connectivity index (χ2n) is 6.64. The van der Waals surface area contributed by atoms with E-state index in [1.54, 1.807) is 11.3 Å². The summed E-state index contributed by atoms with van der Waals surface area (Å²) >= 11 is 1.60. The Hall–Kier alpha value is -1.69. The first-order chi connectivity index (χ1) is 11.2. The molecule has 2 fully saturated rings. The lowest BCUT2D eigenvalue weighted by atomic mass is 9.88. The van der Waals surface area contributed by atoms with Crippen LogP contribution in [0.25, 0.3) is 10.7 Å². The second-order valence-corrected chi connectivity index (χ2v) is 7.89. The zero-order valence-corrected chi connectivity index (χ0v) is 14.1. The van der Waals surface area contributed by atoms with Crippen LogP contribution in [0.4, 0.5) is 5.69 Å². The van der Waals surface area contributed by atoms with Gasteiger partial charge in [-0.3, -0.25) is 4.79 Å². The molecule has 5 nitrogen and oxygen atoms in total. The third-order valence-corrected chi connectivity index (χ3v) is 5.79. The van der Waals surface area contributed by atoms with E-state index in [4.69, 9.17) is 4.52 Å². The minimum atomic E-state index is 0.156. The Labute approximate surface area is 139 Å². The van der Waals surface area contributed by atoms with Crippen molar-refractivity contribution in [3.8, 4) is 10.7 Å². The fourth-order valence-corrected chi connectivity index (χ4v) is 4.05. The molecular formula is C17H21N3O2S. The molecule has 0 bridgehead atoms. The molecule has 2 aliphatic rings. The Bertz CT molecular complexity index is 711. The normalized spacial score (nSPS) is 19.0. The average molecular weight is 331 g/mol. The summed E-state index contributed by atoms with van der Waals surface area (Å²) < 4.78 is 5.33. The minimum absolute atomic E-state index is 0.156. The molecule has 0 radical (unpaired) electrons. The van der Waals surface area contributed by atoms with Crippen LogP contribution in [0.5, 0.6) is 0 Å². The van der Waals surface area contributed by atoms with Crippen LogP contribution in [0.15, 0.2) is 10.6 Å².